The maximum Gasteiger partial charge on any atom is 0.281 e. The van der Waals surface area contributed by atoms with Crippen LogP contribution in [-0.2, 0) is 17.1 Å². The lowest BCUT2D eigenvalue weighted by Crippen LogP contribution is -2.38. The van der Waals surface area contributed by atoms with Crippen LogP contribution in [-0.4, -0.2) is 35.7 Å². The third-order valence-corrected chi connectivity index (χ3v) is 5.37. The van der Waals surface area contributed by atoms with Crippen molar-refractivity contribution in [3.8, 4) is 0 Å². The van der Waals surface area contributed by atoms with Crippen molar-refractivity contribution in [2.45, 2.75) is 11.4 Å². The minimum absolute atomic E-state index is 0.127. The van der Waals surface area contributed by atoms with Crippen LogP contribution in [0.4, 0.5) is 5.69 Å². The molecule has 0 aliphatic carbocycles. The van der Waals surface area contributed by atoms with Crippen LogP contribution < -0.4 is 4.31 Å². The van der Waals surface area contributed by atoms with Gasteiger partial charge in [0, 0.05) is 25.6 Å². The highest BCUT2D eigenvalue weighted by Gasteiger charge is 2.33. The molecule has 0 saturated carbocycles. The molecule has 1 N–H and O–H groups in total. The number of benzene rings is 1. The quantitative estimate of drug-likeness (QED) is 0.667. The van der Waals surface area contributed by atoms with Crippen molar-refractivity contribution in [3.05, 3.63) is 42.1 Å². The summed E-state index contributed by atoms with van der Waals surface area (Å²) in [4.78, 5) is 0. The van der Waals surface area contributed by atoms with Gasteiger partial charge in [-0.15, -0.1) is 0 Å². The highest BCUT2D eigenvalue weighted by molar-refractivity contribution is 7.92. The third kappa shape index (κ3) is 2.07. The molecule has 8 heteroatoms. The highest BCUT2D eigenvalue weighted by atomic mass is 32.2. The summed E-state index contributed by atoms with van der Waals surface area (Å²) >= 11 is 0. The molecule has 1 aliphatic heterocycles. The fourth-order valence-corrected chi connectivity index (χ4v) is 4.07. The van der Waals surface area contributed by atoms with E-state index in [0.29, 0.717) is 23.4 Å². The standard InChI is InChI=1S/C13H14N4O3S/c1-16-13(6-8-14-16)21(19,20)17-9-7-11(15-18)10-4-2-3-5-12(10)17/h2-6,8,18H,7,9H2,1H3/b15-11-. The number of hydrogen-bond acceptors (Lipinski definition) is 5. The monoisotopic (exact) mass is 306 g/mol. The Morgan fingerprint density at radius 3 is 2.71 bits per heavy atom. The molecular formula is C13H14N4O3S. The molecule has 0 spiro atoms. The zero-order chi connectivity index (χ0) is 15.0. The first-order valence-corrected chi connectivity index (χ1v) is 7.81. The lowest BCUT2D eigenvalue weighted by molar-refractivity contribution is 0.318. The van der Waals surface area contributed by atoms with Crippen molar-refractivity contribution in [1.82, 2.24) is 9.78 Å². The maximum atomic E-state index is 12.8. The third-order valence-electron chi connectivity index (χ3n) is 3.49. The minimum Gasteiger partial charge on any atom is -0.411 e. The van der Waals surface area contributed by atoms with Gasteiger partial charge >= 0.3 is 0 Å². The SMILES string of the molecule is Cn1nccc1S(=O)(=O)N1CC/C(=N/O)c2ccccc21. The molecule has 3 rings (SSSR count). The van der Waals surface area contributed by atoms with E-state index in [-0.39, 0.29) is 11.6 Å². The fraction of sp³-hybridized carbons (Fsp3) is 0.231. The van der Waals surface area contributed by atoms with Gasteiger partial charge in [-0.25, -0.2) is 0 Å². The number of sulfonamides is 1. The normalized spacial score (nSPS) is 17.0. The van der Waals surface area contributed by atoms with Gasteiger partial charge in [0.1, 0.15) is 0 Å². The predicted molar refractivity (Wildman–Crippen MR) is 77.1 cm³/mol. The second-order valence-electron chi connectivity index (χ2n) is 4.68. The molecule has 0 amide bonds. The van der Waals surface area contributed by atoms with Crippen molar-refractivity contribution in [3.63, 3.8) is 0 Å². The largest absolute Gasteiger partial charge is 0.411 e. The van der Waals surface area contributed by atoms with E-state index in [0.717, 1.165) is 0 Å². The highest BCUT2D eigenvalue weighted by Crippen LogP contribution is 2.31. The number of aryl methyl sites for hydroxylation is 1. The lowest BCUT2D eigenvalue weighted by atomic mass is 10.0. The molecule has 21 heavy (non-hydrogen) atoms. The summed E-state index contributed by atoms with van der Waals surface area (Å²) in [6.07, 6.45) is 1.80. The molecule has 1 aromatic carbocycles. The average Bonchev–Trinajstić information content (AvgIpc) is 2.93. The van der Waals surface area contributed by atoms with Gasteiger partial charge in [-0.2, -0.15) is 13.5 Å². The van der Waals surface area contributed by atoms with Crippen molar-refractivity contribution in [1.29, 1.82) is 0 Å². The lowest BCUT2D eigenvalue weighted by Gasteiger charge is -2.30. The number of hydrogen-bond donors (Lipinski definition) is 1. The Labute approximate surface area is 122 Å². The van der Waals surface area contributed by atoms with Gasteiger partial charge in [0.2, 0.25) is 0 Å². The Balaban J connectivity index is 2.15. The molecule has 0 unspecified atom stereocenters. The minimum atomic E-state index is -3.70. The topological polar surface area (TPSA) is 87.8 Å². The van der Waals surface area contributed by atoms with E-state index in [9.17, 15) is 8.42 Å². The van der Waals surface area contributed by atoms with Gasteiger partial charge in [-0.1, -0.05) is 23.4 Å². The summed E-state index contributed by atoms with van der Waals surface area (Å²) in [6.45, 7) is 0.226. The number of anilines is 1. The summed E-state index contributed by atoms with van der Waals surface area (Å²) in [5, 5.41) is 16.4. The van der Waals surface area contributed by atoms with Crippen LogP contribution >= 0.6 is 0 Å². The summed E-state index contributed by atoms with van der Waals surface area (Å²) < 4.78 is 28.2. The van der Waals surface area contributed by atoms with Gasteiger partial charge in [0.25, 0.3) is 10.0 Å². The number of para-hydroxylation sites is 1. The summed E-state index contributed by atoms with van der Waals surface area (Å²) in [5.74, 6) is 0. The first-order chi connectivity index (χ1) is 10.1. The molecule has 1 aliphatic rings. The fourth-order valence-electron chi connectivity index (χ4n) is 2.48. The van der Waals surface area contributed by atoms with Gasteiger partial charge in [-0.3, -0.25) is 8.99 Å². The first-order valence-electron chi connectivity index (χ1n) is 6.37. The molecule has 0 radical (unpaired) electrons. The molecule has 2 aromatic rings. The molecule has 110 valence electrons. The van der Waals surface area contributed by atoms with Gasteiger partial charge in [0.05, 0.1) is 17.6 Å². The van der Waals surface area contributed by atoms with Crippen LogP contribution in [0.5, 0.6) is 0 Å². The number of nitrogens with zero attached hydrogens (tertiary/aromatic N) is 4. The average molecular weight is 306 g/mol. The summed E-state index contributed by atoms with van der Waals surface area (Å²) in [5.41, 5.74) is 1.62. The van der Waals surface area contributed by atoms with Gasteiger partial charge in [-0.05, 0) is 12.1 Å². The predicted octanol–water partition coefficient (Wildman–Crippen LogP) is 1.20. The van der Waals surface area contributed by atoms with Crippen molar-refractivity contribution >= 4 is 21.4 Å². The van der Waals surface area contributed by atoms with E-state index in [1.165, 1.54) is 21.3 Å². The van der Waals surface area contributed by atoms with Crippen LogP contribution in [0.2, 0.25) is 0 Å². The second-order valence-corrected chi connectivity index (χ2v) is 6.49. The smallest absolute Gasteiger partial charge is 0.281 e. The number of aromatic nitrogens is 2. The van der Waals surface area contributed by atoms with Crippen LogP contribution in [0.15, 0.2) is 46.7 Å². The van der Waals surface area contributed by atoms with Crippen LogP contribution in [0.3, 0.4) is 0 Å². The van der Waals surface area contributed by atoms with Crippen LogP contribution in [0, 0.1) is 0 Å². The van der Waals surface area contributed by atoms with E-state index in [2.05, 4.69) is 10.3 Å². The molecule has 0 atom stereocenters. The molecule has 0 saturated heterocycles. The van der Waals surface area contributed by atoms with E-state index >= 15 is 0 Å². The van der Waals surface area contributed by atoms with Crippen LogP contribution in [0.1, 0.15) is 12.0 Å². The number of rotatable bonds is 2. The Bertz CT molecular complexity index is 810. The zero-order valence-electron chi connectivity index (χ0n) is 11.3. The Hall–Kier alpha value is -2.35. The second kappa shape index (κ2) is 4.88. The first kappa shape index (κ1) is 13.6. The molecule has 7 nitrogen and oxygen atoms in total. The van der Waals surface area contributed by atoms with E-state index in [1.54, 1.807) is 31.3 Å². The van der Waals surface area contributed by atoms with E-state index in [4.69, 9.17) is 5.21 Å². The Morgan fingerprint density at radius 2 is 2.05 bits per heavy atom. The molecular weight excluding hydrogens is 292 g/mol. The Kier molecular flexibility index (Phi) is 3.17. The molecule has 0 fully saturated rings. The maximum absolute atomic E-state index is 12.8. The summed E-state index contributed by atoms with van der Waals surface area (Å²) in [7, 11) is -2.11. The molecule has 2 heterocycles. The molecule has 1 aromatic heterocycles. The zero-order valence-corrected chi connectivity index (χ0v) is 12.2. The van der Waals surface area contributed by atoms with E-state index < -0.39 is 10.0 Å². The summed E-state index contributed by atoms with van der Waals surface area (Å²) in [6, 6.07) is 8.45. The van der Waals surface area contributed by atoms with Crippen LogP contribution in [0.25, 0.3) is 0 Å². The van der Waals surface area contributed by atoms with Crippen molar-refractivity contribution in [2.75, 3.05) is 10.8 Å². The molecule has 0 bridgehead atoms. The van der Waals surface area contributed by atoms with E-state index in [1.807, 2.05) is 0 Å². The van der Waals surface area contributed by atoms with Gasteiger partial charge < -0.3 is 5.21 Å². The van der Waals surface area contributed by atoms with Crippen molar-refractivity contribution in [2.24, 2.45) is 12.2 Å². The Morgan fingerprint density at radius 1 is 1.29 bits per heavy atom. The number of oxime groups is 1. The van der Waals surface area contributed by atoms with Crippen molar-refractivity contribution < 1.29 is 13.6 Å². The number of fused-ring (bicyclic) bond motifs is 1. The van der Waals surface area contributed by atoms with Gasteiger partial charge in [0.15, 0.2) is 5.03 Å².